The Morgan fingerprint density at radius 2 is 1.14 bits per heavy atom. The molecule has 3 heteroatoms. The first-order chi connectivity index (χ1) is 10.4. The molecule has 0 radical (unpaired) electrons. The van der Waals surface area contributed by atoms with Crippen LogP contribution in [0.4, 0.5) is 0 Å². The molecule has 0 fully saturated rings. The SMILES string of the molecule is C1=CN(ON2C=Cc3ccccc3C2)Cc2ccccc21. The van der Waals surface area contributed by atoms with Crippen molar-refractivity contribution in [2.75, 3.05) is 0 Å². The maximum atomic E-state index is 5.94. The standard InChI is InChI=1S/C18H16N2O/c1-3-7-17-13-19(11-9-15(17)5-1)21-20-12-10-16-6-2-4-8-18(16)14-20/h1-12H,13-14H2. The molecule has 0 N–H and O–H groups in total. The van der Waals surface area contributed by atoms with E-state index in [1.165, 1.54) is 22.3 Å². The van der Waals surface area contributed by atoms with Crippen LogP contribution in [0.3, 0.4) is 0 Å². The number of hydrogen-bond donors (Lipinski definition) is 0. The molecule has 3 nitrogen and oxygen atoms in total. The highest BCUT2D eigenvalue weighted by Gasteiger charge is 2.16. The summed E-state index contributed by atoms with van der Waals surface area (Å²) in [6.07, 6.45) is 8.13. The van der Waals surface area contributed by atoms with E-state index in [0.717, 1.165) is 13.1 Å². The van der Waals surface area contributed by atoms with Crippen LogP contribution in [0.15, 0.2) is 60.9 Å². The van der Waals surface area contributed by atoms with E-state index in [1.54, 1.807) is 0 Å². The molecule has 0 saturated carbocycles. The Bertz CT molecular complexity index is 659. The average molecular weight is 276 g/mol. The molecule has 0 bridgehead atoms. The Hall–Kier alpha value is -2.52. The van der Waals surface area contributed by atoms with Gasteiger partial charge < -0.3 is 0 Å². The molecule has 0 aliphatic carbocycles. The summed E-state index contributed by atoms with van der Waals surface area (Å²) >= 11 is 0. The van der Waals surface area contributed by atoms with Gasteiger partial charge in [-0.15, -0.1) is 0 Å². The summed E-state index contributed by atoms with van der Waals surface area (Å²) in [4.78, 5) is 5.94. The minimum Gasteiger partial charge on any atom is -0.232 e. The first-order valence-corrected chi connectivity index (χ1v) is 7.12. The Kier molecular flexibility index (Phi) is 2.98. The molecule has 2 aliphatic rings. The highest BCUT2D eigenvalue weighted by molar-refractivity contribution is 5.56. The van der Waals surface area contributed by atoms with E-state index in [4.69, 9.17) is 4.94 Å². The summed E-state index contributed by atoms with van der Waals surface area (Å²) in [7, 11) is 0. The van der Waals surface area contributed by atoms with E-state index in [-0.39, 0.29) is 0 Å². The first kappa shape index (κ1) is 12.2. The Morgan fingerprint density at radius 1 is 0.667 bits per heavy atom. The molecule has 0 unspecified atom stereocenters. The lowest BCUT2D eigenvalue weighted by Crippen LogP contribution is -2.30. The molecule has 2 aromatic rings. The van der Waals surface area contributed by atoms with E-state index < -0.39 is 0 Å². The lowest BCUT2D eigenvalue weighted by Gasteiger charge is -2.31. The number of fused-ring (bicyclic) bond motifs is 2. The van der Waals surface area contributed by atoms with Gasteiger partial charge in [0.05, 0.1) is 13.1 Å². The average Bonchev–Trinajstić information content (AvgIpc) is 2.55. The van der Waals surface area contributed by atoms with Crippen molar-refractivity contribution in [1.82, 2.24) is 10.1 Å². The molecule has 0 atom stereocenters. The maximum absolute atomic E-state index is 5.94. The lowest BCUT2D eigenvalue weighted by molar-refractivity contribution is -0.290. The molecule has 0 aromatic heterocycles. The Labute approximate surface area is 124 Å². The second-order valence-corrected chi connectivity index (χ2v) is 5.26. The van der Waals surface area contributed by atoms with Gasteiger partial charge in [0.2, 0.25) is 0 Å². The van der Waals surface area contributed by atoms with Gasteiger partial charge in [0.1, 0.15) is 0 Å². The second-order valence-electron chi connectivity index (χ2n) is 5.26. The van der Waals surface area contributed by atoms with Gasteiger partial charge in [0.25, 0.3) is 0 Å². The Balaban J connectivity index is 1.47. The number of nitrogens with zero attached hydrogens (tertiary/aromatic N) is 2. The number of benzene rings is 2. The molecular formula is C18H16N2O. The van der Waals surface area contributed by atoms with E-state index >= 15 is 0 Å². The van der Waals surface area contributed by atoms with Crippen LogP contribution < -0.4 is 0 Å². The van der Waals surface area contributed by atoms with Crippen molar-refractivity contribution in [3.63, 3.8) is 0 Å². The van der Waals surface area contributed by atoms with Crippen LogP contribution in [-0.2, 0) is 18.0 Å². The van der Waals surface area contributed by atoms with Gasteiger partial charge in [-0.1, -0.05) is 48.5 Å². The van der Waals surface area contributed by atoms with Crippen molar-refractivity contribution in [1.29, 1.82) is 0 Å². The first-order valence-electron chi connectivity index (χ1n) is 7.12. The fraction of sp³-hybridized carbons (Fsp3) is 0.111. The van der Waals surface area contributed by atoms with Crippen LogP contribution in [-0.4, -0.2) is 10.1 Å². The monoisotopic (exact) mass is 276 g/mol. The molecule has 0 amide bonds. The largest absolute Gasteiger partial charge is 0.232 e. The minimum atomic E-state index is 0.763. The molecule has 104 valence electrons. The Morgan fingerprint density at radius 3 is 1.67 bits per heavy atom. The van der Waals surface area contributed by atoms with Gasteiger partial charge in [-0.2, -0.15) is 4.94 Å². The number of rotatable bonds is 2. The third kappa shape index (κ3) is 2.43. The van der Waals surface area contributed by atoms with Crippen molar-refractivity contribution in [3.8, 4) is 0 Å². The van der Waals surface area contributed by atoms with Crippen molar-refractivity contribution in [3.05, 3.63) is 83.2 Å². The third-order valence-corrected chi connectivity index (χ3v) is 3.81. The third-order valence-electron chi connectivity index (χ3n) is 3.81. The zero-order valence-corrected chi connectivity index (χ0v) is 11.6. The van der Waals surface area contributed by atoms with Gasteiger partial charge in [-0.3, -0.25) is 0 Å². The molecule has 2 aliphatic heterocycles. The van der Waals surface area contributed by atoms with Gasteiger partial charge in [-0.25, -0.2) is 10.1 Å². The van der Waals surface area contributed by atoms with Crippen LogP contribution in [0, 0.1) is 0 Å². The molecule has 4 rings (SSSR count). The van der Waals surface area contributed by atoms with Crippen LogP contribution in [0.1, 0.15) is 22.3 Å². The van der Waals surface area contributed by atoms with Crippen molar-refractivity contribution in [2.24, 2.45) is 0 Å². The zero-order chi connectivity index (χ0) is 14.1. The molecular weight excluding hydrogens is 260 g/mol. The van der Waals surface area contributed by atoms with Crippen LogP contribution >= 0.6 is 0 Å². The van der Waals surface area contributed by atoms with Crippen LogP contribution in [0.2, 0.25) is 0 Å². The fourth-order valence-electron chi connectivity index (χ4n) is 2.70. The predicted molar refractivity (Wildman–Crippen MR) is 83.1 cm³/mol. The van der Waals surface area contributed by atoms with Crippen molar-refractivity contribution < 1.29 is 4.94 Å². The molecule has 2 aromatic carbocycles. The highest BCUT2D eigenvalue weighted by atomic mass is 16.8. The zero-order valence-electron chi connectivity index (χ0n) is 11.6. The van der Waals surface area contributed by atoms with Crippen molar-refractivity contribution in [2.45, 2.75) is 13.1 Å². The lowest BCUT2D eigenvalue weighted by atomic mass is 10.1. The minimum absolute atomic E-state index is 0.763. The summed E-state index contributed by atoms with van der Waals surface area (Å²) in [5.41, 5.74) is 5.08. The highest BCUT2D eigenvalue weighted by Crippen LogP contribution is 2.23. The normalized spacial score (nSPS) is 15.8. The van der Waals surface area contributed by atoms with E-state index in [9.17, 15) is 0 Å². The summed E-state index contributed by atoms with van der Waals surface area (Å²) in [6.45, 7) is 1.53. The number of hydrogen-bond acceptors (Lipinski definition) is 3. The maximum Gasteiger partial charge on any atom is 0.0729 e. The van der Waals surface area contributed by atoms with Gasteiger partial charge in [-0.05, 0) is 34.4 Å². The van der Waals surface area contributed by atoms with Gasteiger partial charge >= 0.3 is 0 Å². The molecule has 2 heterocycles. The van der Waals surface area contributed by atoms with E-state index in [2.05, 4.69) is 60.7 Å². The fourth-order valence-corrected chi connectivity index (χ4v) is 2.70. The van der Waals surface area contributed by atoms with E-state index in [0.29, 0.717) is 0 Å². The topological polar surface area (TPSA) is 15.7 Å². The summed E-state index contributed by atoms with van der Waals surface area (Å²) in [5, 5.41) is 3.72. The predicted octanol–water partition coefficient (Wildman–Crippen LogP) is 3.81. The molecule has 0 spiro atoms. The molecule has 0 saturated heterocycles. The summed E-state index contributed by atoms with van der Waals surface area (Å²) in [5.74, 6) is 0. The van der Waals surface area contributed by atoms with Crippen LogP contribution in [0.5, 0.6) is 0 Å². The molecule has 21 heavy (non-hydrogen) atoms. The quantitative estimate of drug-likeness (QED) is 0.829. The van der Waals surface area contributed by atoms with Crippen molar-refractivity contribution >= 4 is 12.2 Å². The summed E-state index contributed by atoms with van der Waals surface area (Å²) in [6, 6.07) is 16.8. The second kappa shape index (κ2) is 5.11. The van der Waals surface area contributed by atoms with Crippen LogP contribution in [0.25, 0.3) is 12.2 Å². The van der Waals surface area contributed by atoms with Gasteiger partial charge in [0.15, 0.2) is 0 Å². The van der Waals surface area contributed by atoms with E-state index in [1.807, 2.05) is 22.5 Å². The summed E-state index contributed by atoms with van der Waals surface area (Å²) < 4.78 is 0. The number of hydroxylamine groups is 4. The smallest absolute Gasteiger partial charge is 0.0729 e. The van der Waals surface area contributed by atoms with Gasteiger partial charge in [0, 0.05) is 12.4 Å².